The minimum Gasteiger partial charge on any atom is -0.462 e. The van der Waals surface area contributed by atoms with Gasteiger partial charge in [-0.05, 0) is 44.9 Å². The van der Waals surface area contributed by atoms with E-state index in [1.165, 1.54) is 29.6 Å². The first-order valence-corrected chi connectivity index (χ1v) is 7.65. The van der Waals surface area contributed by atoms with Crippen molar-refractivity contribution in [2.45, 2.75) is 27.7 Å². The number of aryl methyl sites for hydroxylation is 2. The average Bonchev–Trinajstić information content (AvgIpc) is 2.56. The predicted octanol–water partition coefficient (Wildman–Crippen LogP) is 3.13. The Labute approximate surface area is 141 Å². The van der Waals surface area contributed by atoms with E-state index in [1.807, 2.05) is 26.2 Å². The summed E-state index contributed by atoms with van der Waals surface area (Å²) >= 11 is 0. The molecule has 2 heterocycles. The predicted molar refractivity (Wildman–Crippen MR) is 89.9 cm³/mol. The molecule has 0 radical (unpaired) electrons. The van der Waals surface area contributed by atoms with Crippen LogP contribution in [0.1, 0.15) is 45.7 Å². The lowest BCUT2D eigenvalue weighted by molar-refractivity contribution is 0.0524. The standard InChI is InChI=1S/C11H13NO4.C7H9N/c1-3-15-10(13)8-5-9(7-12-6-8)11(14)16-4-2;1-6-3-7(2)5-8-4-6/h5-7H,3-4H2,1-2H3;3-5H,1-2H3. The summed E-state index contributed by atoms with van der Waals surface area (Å²) in [7, 11) is 0. The van der Waals surface area contributed by atoms with Crippen LogP contribution in [0.3, 0.4) is 0 Å². The van der Waals surface area contributed by atoms with Crippen molar-refractivity contribution in [1.29, 1.82) is 0 Å². The molecule has 2 rings (SSSR count). The molecule has 0 unspecified atom stereocenters. The highest BCUT2D eigenvalue weighted by molar-refractivity contribution is 5.94. The zero-order valence-electron chi connectivity index (χ0n) is 14.4. The second-order valence-corrected chi connectivity index (χ2v) is 4.94. The van der Waals surface area contributed by atoms with Crippen LogP contribution in [0, 0.1) is 13.8 Å². The summed E-state index contributed by atoms with van der Waals surface area (Å²) in [4.78, 5) is 30.5. The zero-order chi connectivity index (χ0) is 17.9. The molecule has 128 valence electrons. The maximum Gasteiger partial charge on any atom is 0.339 e. The molecule has 0 atom stereocenters. The summed E-state index contributed by atoms with van der Waals surface area (Å²) in [5, 5.41) is 0. The van der Waals surface area contributed by atoms with Crippen LogP contribution in [0.25, 0.3) is 0 Å². The van der Waals surface area contributed by atoms with Gasteiger partial charge in [0.1, 0.15) is 0 Å². The molecule has 0 fully saturated rings. The number of hydrogen-bond acceptors (Lipinski definition) is 6. The second kappa shape index (κ2) is 10.1. The fraction of sp³-hybridized carbons (Fsp3) is 0.333. The Morgan fingerprint density at radius 1 is 0.792 bits per heavy atom. The Hall–Kier alpha value is -2.76. The number of nitrogens with zero attached hydrogens (tertiary/aromatic N) is 2. The lowest BCUT2D eigenvalue weighted by Crippen LogP contribution is -2.09. The summed E-state index contributed by atoms with van der Waals surface area (Å²) in [6, 6.07) is 3.51. The topological polar surface area (TPSA) is 78.4 Å². The molecule has 0 aliphatic carbocycles. The monoisotopic (exact) mass is 330 g/mol. The van der Waals surface area contributed by atoms with Gasteiger partial charge in [0.25, 0.3) is 0 Å². The van der Waals surface area contributed by atoms with E-state index in [2.05, 4.69) is 16.0 Å². The number of pyridine rings is 2. The van der Waals surface area contributed by atoms with Gasteiger partial charge in [-0.25, -0.2) is 9.59 Å². The minimum absolute atomic E-state index is 0.243. The van der Waals surface area contributed by atoms with Crippen molar-refractivity contribution < 1.29 is 19.1 Å². The first-order chi connectivity index (χ1) is 11.5. The first kappa shape index (κ1) is 19.3. The van der Waals surface area contributed by atoms with Crippen LogP contribution in [-0.2, 0) is 9.47 Å². The summed E-state index contributed by atoms with van der Waals surface area (Å²) in [5.74, 6) is -0.998. The molecule has 24 heavy (non-hydrogen) atoms. The number of rotatable bonds is 4. The molecule has 2 aromatic rings. The van der Waals surface area contributed by atoms with Crippen LogP contribution in [0.4, 0.5) is 0 Å². The normalized spacial score (nSPS) is 9.50. The van der Waals surface area contributed by atoms with E-state index >= 15 is 0 Å². The van der Waals surface area contributed by atoms with Crippen LogP contribution in [0.15, 0.2) is 36.9 Å². The zero-order valence-corrected chi connectivity index (χ0v) is 14.4. The molecule has 0 amide bonds. The van der Waals surface area contributed by atoms with Crippen molar-refractivity contribution in [3.8, 4) is 0 Å². The fourth-order valence-corrected chi connectivity index (χ4v) is 1.80. The maximum absolute atomic E-state index is 11.4. The Bertz CT molecular complexity index is 636. The molecular formula is C18H22N2O4. The van der Waals surface area contributed by atoms with E-state index in [9.17, 15) is 9.59 Å². The summed E-state index contributed by atoms with van der Waals surface area (Å²) in [6.07, 6.45) is 6.40. The number of carbonyl (C=O) groups is 2. The van der Waals surface area contributed by atoms with Gasteiger partial charge in [0.2, 0.25) is 0 Å². The third-order valence-corrected chi connectivity index (χ3v) is 2.77. The Morgan fingerprint density at radius 3 is 1.54 bits per heavy atom. The van der Waals surface area contributed by atoms with Gasteiger partial charge >= 0.3 is 11.9 Å². The highest BCUT2D eigenvalue weighted by Crippen LogP contribution is 2.06. The van der Waals surface area contributed by atoms with Crippen LogP contribution in [0.5, 0.6) is 0 Å². The van der Waals surface area contributed by atoms with Crippen LogP contribution < -0.4 is 0 Å². The average molecular weight is 330 g/mol. The van der Waals surface area contributed by atoms with Crippen molar-refractivity contribution in [1.82, 2.24) is 9.97 Å². The van der Waals surface area contributed by atoms with Gasteiger partial charge in [0, 0.05) is 24.8 Å². The maximum atomic E-state index is 11.4. The Balaban J connectivity index is 0.000000300. The summed E-state index contributed by atoms with van der Waals surface area (Å²) in [6.45, 7) is 8.06. The Kier molecular flexibility index (Phi) is 8.11. The van der Waals surface area contributed by atoms with Crippen molar-refractivity contribution >= 4 is 11.9 Å². The molecule has 0 N–H and O–H groups in total. The molecule has 6 heteroatoms. The molecule has 0 bridgehead atoms. The number of carbonyl (C=O) groups excluding carboxylic acids is 2. The van der Waals surface area contributed by atoms with Crippen LogP contribution in [0.2, 0.25) is 0 Å². The van der Waals surface area contributed by atoms with Crippen LogP contribution >= 0.6 is 0 Å². The molecule has 6 nitrogen and oxygen atoms in total. The summed E-state index contributed by atoms with van der Waals surface area (Å²) in [5.41, 5.74) is 2.94. The first-order valence-electron chi connectivity index (χ1n) is 7.65. The van der Waals surface area contributed by atoms with Gasteiger partial charge in [0.05, 0.1) is 24.3 Å². The molecule has 0 aromatic carbocycles. The third kappa shape index (κ3) is 6.56. The molecule has 0 saturated carbocycles. The molecule has 0 aliphatic heterocycles. The van der Waals surface area contributed by atoms with E-state index in [0.29, 0.717) is 0 Å². The van der Waals surface area contributed by atoms with Gasteiger partial charge in [-0.15, -0.1) is 0 Å². The third-order valence-electron chi connectivity index (χ3n) is 2.77. The molecule has 0 spiro atoms. The largest absolute Gasteiger partial charge is 0.462 e. The van der Waals surface area contributed by atoms with Gasteiger partial charge in [-0.2, -0.15) is 0 Å². The van der Waals surface area contributed by atoms with Crippen molar-refractivity contribution in [2.75, 3.05) is 13.2 Å². The van der Waals surface area contributed by atoms with Gasteiger partial charge in [0.15, 0.2) is 0 Å². The lowest BCUT2D eigenvalue weighted by Gasteiger charge is -2.04. The molecule has 0 aliphatic rings. The van der Waals surface area contributed by atoms with Gasteiger partial charge in [-0.3, -0.25) is 9.97 Å². The highest BCUT2D eigenvalue weighted by atomic mass is 16.5. The molecule has 0 saturated heterocycles. The second-order valence-electron chi connectivity index (χ2n) is 4.94. The van der Waals surface area contributed by atoms with Crippen molar-refractivity contribution in [3.63, 3.8) is 0 Å². The van der Waals surface area contributed by atoms with Gasteiger partial charge < -0.3 is 9.47 Å². The minimum atomic E-state index is -0.499. The molecular weight excluding hydrogens is 308 g/mol. The summed E-state index contributed by atoms with van der Waals surface area (Å²) < 4.78 is 9.58. The van der Waals surface area contributed by atoms with Gasteiger partial charge in [-0.1, -0.05) is 6.07 Å². The van der Waals surface area contributed by atoms with E-state index in [1.54, 1.807) is 13.8 Å². The fourth-order valence-electron chi connectivity index (χ4n) is 1.80. The SMILES string of the molecule is CCOC(=O)c1cncc(C(=O)OCC)c1.Cc1cncc(C)c1. The molecule has 2 aromatic heterocycles. The number of hydrogen-bond donors (Lipinski definition) is 0. The smallest absolute Gasteiger partial charge is 0.339 e. The number of esters is 2. The van der Waals surface area contributed by atoms with E-state index in [0.717, 1.165) is 0 Å². The number of ether oxygens (including phenoxy) is 2. The number of aromatic nitrogens is 2. The van der Waals surface area contributed by atoms with Crippen molar-refractivity contribution in [3.05, 3.63) is 59.2 Å². The van der Waals surface area contributed by atoms with E-state index in [-0.39, 0.29) is 24.3 Å². The highest BCUT2D eigenvalue weighted by Gasteiger charge is 2.12. The quantitative estimate of drug-likeness (QED) is 0.801. The van der Waals surface area contributed by atoms with E-state index < -0.39 is 11.9 Å². The van der Waals surface area contributed by atoms with Crippen molar-refractivity contribution in [2.24, 2.45) is 0 Å². The lowest BCUT2D eigenvalue weighted by atomic mass is 10.2. The Morgan fingerprint density at radius 2 is 1.21 bits per heavy atom. The van der Waals surface area contributed by atoms with E-state index in [4.69, 9.17) is 9.47 Å². The van der Waals surface area contributed by atoms with Crippen LogP contribution in [-0.4, -0.2) is 35.1 Å².